The highest BCUT2D eigenvalue weighted by molar-refractivity contribution is 6.04. The normalized spacial score (nSPS) is 14.6. The average Bonchev–Trinajstić information content (AvgIpc) is 3.13. The maximum Gasteiger partial charge on any atom is 0.339 e. The minimum Gasteiger partial charge on any atom is -0.452 e. The zero-order valence-electron chi connectivity index (χ0n) is 16.6. The summed E-state index contributed by atoms with van der Waals surface area (Å²) < 4.78 is 23.7. The largest absolute Gasteiger partial charge is 0.452 e. The van der Waals surface area contributed by atoms with Crippen LogP contribution in [-0.4, -0.2) is 34.7 Å². The fourth-order valence-corrected chi connectivity index (χ4v) is 3.75. The fraction of sp³-hybridized carbons (Fsp3) is 0.364. The first-order valence-electron chi connectivity index (χ1n) is 10.0. The SMILES string of the molecule is Cc1noc2nc(-c3ccc(F)cc3)cc(C(=O)OCC(=O)NC3CCCCC3)c12. The van der Waals surface area contributed by atoms with E-state index in [0.29, 0.717) is 22.3 Å². The first kappa shape index (κ1) is 20.0. The van der Waals surface area contributed by atoms with Crippen LogP contribution in [0.3, 0.4) is 0 Å². The molecule has 1 aliphatic rings. The van der Waals surface area contributed by atoms with E-state index in [-0.39, 0.29) is 35.7 Å². The number of nitrogens with zero attached hydrogens (tertiary/aromatic N) is 2. The van der Waals surface area contributed by atoms with Crippen LogP contribution < -0.4 is 5.32 Å². The maximum absolute atomic E-state index is 13.2. The fourth-order valence-electron chi connectivity index (χ4n) is 3.75. The van der Waals surface area contributed by atoms with E-state index in [4.69, 9.17) is 9.26 Å². The first-order chi connectivity index (χ1) is 14.5. The minimum absolute atomic E-state index is 0.142. The molecule has 1 saturated carbocycles. The molecule has 30 heavy (non-hydrogen) atoms. The summed E-state index contributed by atoms with van der Waals surface area (Å²) in [7, 11) is 0. The van der Waals surface area contributed by atoms with E-state index in [2.05, 4.69) is 15.5 Å². The van der Waals surface area contributed by atoms with Gasteiger partial charge in [-0.15, -0.1) is 0 Å². The third-order valence-corrected chi connectivity index (χ3v) is 5.28. The Morgan fingerprint density at radius 3 is 2.67 bits per heavy atom. The van der Waals surface area contributed by atoms with Crippen LogP contribution in [0.1, 0.15) is 48.2 Å². The Hall–Kier alpha value is -3.29. The molecule has 1 aromatic carbocycles. The number of aromatic nitrogens is 2. The molecule has 2 heterocycles. The average molecular weight is 411 g/mol. The predicted octanol–water partition coefficient (Wildman–Crippen LogP) is 3.94. The molecule has 0 saturated heterocycles. The lowest BCUT2D eigenvalue weighted by Crippen LogP contribution is -2.38. The summed E-state index contributed by atoms with van der Waals surface area (Å²) in [5.74, 6) is -1.36. The molecule has 0 atom stereocenters. The Bertz CT molecular complexity index is 1070. The molecule has 2 aromatic heterocycles. The number of ether oxygens (including phenoxy) is 1. The van der Waals surface area contributed by atoms with Gasteiger partial charge in [0.05, 0.1) is 22.3 Å². The van der Waals surface area contributed by atoms with Crippen LogP contribution in [0, 0.1) is 12.7 Å². The standard InChI is InChI=1S/C22H22FN3O4/c1-13-20-17(22(28)29-12-19(27)24-16-5-3-2-4-6-16)11-18(25-21(20)30-26-13)14-7-9-15(23)10-8-14/h7-11,16H,2-6,12H2,1H3,(H,24,27). The van der Waals surface area contributed by atoms with Crippen molar-refractivity contribution in [1.82, 2.24) is 15.5 Å². The third-order valence-electron chi connectivity index (χ3n) is 5.28. The van der Waals surface area contributed by atoms with Crippen LogP contribution in [0.4, 0.5) is 4.39 Å². The molecule has 1 fully saturated rings. The van der Waals surface area contributed by atoms with Gasteiger partial charge in [0, 0.05) is 11.6 Å². The first-order valence-corrected chi connectivity index (χ1v) is 10.0. The zero-order valence-corrected chi connectivity index (χ0v) is 16.6. The Morgan fingerprint density at radius 2 is 1.93 bits per heavy atom. The lowest BCUT2D eigenvalue weighted by molar-refractivity contribution is -0.125. The van der Waals surface area contributed by atoms with Crippen molar-refractivity contribution in [3.8, 4) is 11.3 Å². The van der Waals surface area contributed by atoms with Gasteiger partial charge in [-0.1, -0.05) is 24.4 Å². The Balaban J connectivity index is 1.54. The summed E-state index contributed by atoms with van der Waals surface area (Å²) in [6.45, 7) is 1.33. The Labute approximate surface area is 172 Å². The number of pyridine rings is 1. The van der Waals surface area contributed by atoms with Crippen LogP contribution in [0.15, 0.2) is 34.9 Å². The summed E-state index contributed by atoms with van der Waals surface area (Å²) in [5.41, 5.74) is 1.88. The molecular weight excluding hydrogens is 389 g/mol. The van der Waals surface area contributed by atoms with Crippen LogP contribution in [-0.2, 0) is 9.53 Å². The van der Waals surface area contributed by atoms with E-state index in [0.717, 1.165) is 25.7 Å². The van der Waals surface area contributed by atoms with E-state index in [1.54, 1.807) is 25.1 Å². The lowest BCUT2D eigenvalue weighted by Gasteiger charge is -2.22. The number of hydrogen-bond acceptors (Lipinski definition) is 6. The minimum atomic E-state index is -0.671. The lowest BCUT2D eigenvalue weighted by atomic mass is 9.95. The molecule has 1 aliphatic carbocycles. The molecule has 0 spiro atoms. The van der Waals surface area contributed by atoms with E-state index >= 15 is 0 Å². The summed E-state index contributed by atoms with van der Waals surface area (Å²) in [4.78, 5) is 29.3. The van der Waals surface area contributed by atoms with Crippen LogP contribution in [0.25, 0.3) is 22.4 Å². The summed E-state index contributed by atoms with van der Waals surface area (Å²) in [5, 5.41) is 7.22. The van der Waals surface area contributed by atoms with Crippen molar-refractivity contribution in [3.05, 3.63) is 47.4 Å². The second-order valence-electron chi connectivity index (χ2n) is 7.49. The number of rotatable bonds is 5. The highest BCUT2D eigenvalue weighted by atomic mass is 19.1. The number of benzene rings is 1. The highest BCUT2D eigenvalue weighted by Gasteiger charge is 2.22. The molecule has 4 rings (SSSR count). The van der Waals surface area contributed by atoms with Gasteiger partial charge in [-0.25, -0.2) is 14.2 Å². The predicted molar refractivity (Wildman–Crippen MR) is 107 cm³/mol. The number of amides is 1. The van der Waals surface area contributed by atoms with Gasteiger partial charge in [0.1, 0.15) is 5.82 Å². The van der Waals surface area contributed by atoms with E-state index < -0.39 is 5.97 Å². The van der Waals surface area contributed by atoms with Gasteiger partial charge in [0.25, 0.3) is 11.6 Å². The number of carbonyl (C=O) groups excluding carboxylic acids is 2. The Morgan fingerprint density at radius 1 is 1.20 bits per heavy atom. The molecule has 156 valence electrons. The molecule has 8 heteroatoms. The van der Waals surface area contributed by atoms with Crippen LogP contribution in [0.5, 0.6) is 0 Å². The maximum atomic E-state index is 13.2. The second-order valence-corrected chi connectivity index (χ2v) is 7.49. The molecule has 3 aromatic rings. The summed E-state index contributed by atoms with van der Waals surface area (Å²) >= 11 is 0. The van der Waals surface area contributed by atoms with E-state index in [9.17, 15) is 14.0 Å². The van der Waals surface area contributed by atoms with Crippen molar-refractivity contribution in [2.45, 2.75) is 45.1 Å². The molecule has 0 radical (unpaired) electrons. The number of esters is 1. The van der Waals surface area contributed by atoms with Crippen molar-refractivity contribution in [1.29, 1.82) is 0 Å². The van der Waals surface area contributed by atoms with Gasteiger partial charge >= 0.3 is 5.97 Å². The van der Waals surface area contributed by atoms with Gasteiger partial charge in [-0.05, 0) is 50.1 Å². The molecule has 0 aliphatic heterocycles. The van der Waals surface area contributed by atoms with Gasteiger partial charge in [-0.3, -0.25) is 4.79 Å². The molecule has 1 amide bonds. The molecule has 0 unspecified atom stereocenters. The monoisotopic (exact) mass is 411 g/mol. The number of aryl methyl sites for hydroxylation is 1. The zero-order chi connectivity index (χ0) is 21.1. The second kappa shape index (κ2) is 8.61. The number of halogens is 1. The van der Waals surface area contributed by atoms with Crippen molar-refractivity contribution in [3.63, 3.8) is 0 Å². The quantitative estimate of drug-likeness (QED) is 0.639. The van der Waals surface area contributed by atoms with Crippen molar-refractivity contribution in [2.24, 2.45) is 0 Å². The number of carbonyl (C=O) groups is 2. The molecule has 0 bridgehead atoms. The van der Waals surface area contributed by atoms with E-state index in [1.165, 1.54) is 18.6 Å². The van der Waals surface area contributed by atoms with Crippen molar-refractivity contribution >= 4 is 23.0 Å². The van der Waals surface area contributed by atoms with Crippen molar-refractivity contribution < 1.29 is 23.2 Å². The molecule has 7 nitrogen and oxygen atoms in total. The number of fused-ring (bicyclic) bond motifs is 1. The van der Waals surface area contributed by atoms with Gasteiger partial charge < -0.3 is 14.6 Å². The van der Waals surface area contributed by atoms with Crippen LogP contribution in [0.2, 0.25) is 0 Å². The van der Waals surface area contributed by atoms with Crippen LogP contribution >= 0.6 is 0 Å². The topological polar surface area (TPSA) is 94.3 Å². The summed E-state index contributed by atoms with van der Waals surface area (Å²) in [6.07, 6.45) is 5.28. The number of nitrogens with one attached hydrogen (secondary N) is 1. The van der Waals surface area contributed by atoms with Gasteiger partial charge in [0.2, 0.25) is 0 Å². The third kappa shape index (κ3) is 4.32. The molecular formula is C22H22FN3O4. The van der Waals surface area contributed by atoms with E-state index in [1.807, 2.05) is 0 Å². The molecule has 1 N–H and O–H groups in total. The smallest absolute Gasteiger partial charge is 0.339 e. The van der Waals surface area contributed by atoms with Gasteiger partial charge in [-0.2, -0.15) is 0 Å². The summed E-state index contributed by atoms with van der Waals surface area (Å²) in [6, 6.07) is 7.41. The van der Waals surface area contributed by atoms with Crippen molar-refractivity contribution in [2.75, 3.05) is 6.61 Å². The number of hydrogen-bond donors (Lipinski definition) is 1. The Kier molecular flexibility index (Phi) is 5.74. The highest BCUT2D eigenvalue weighted by Crippen LogP contribution is 2.27. The van der Waals surface area contributed by atoms with Gasteiger partial charge in [0.15, 0.2) is 6.61 Å².